The first-order chi connectivity index (χ1) is 29.7. The first-order valence-corrected chi connectivity index (χ1v) is 21.1. The first-order valence-electron chi connectivity index (χ1n) is 20.3. The summed E-state index contributed by atoms with van der Waals surface area (Å²) in [6, 6.07) is 78.9. The third-order valence-corrected chi connectivity index (χ3v) is 12.9. The third kappa shape index (κ3) is 5.72. The minimum atomic E-state index is 0.854. The Kier molecular flexibility index (Phi) is 8.03. The summed E-state index contributed by atoms with van der Waals surface area (Å²) in [5, 5.41) is 9.62. The van der Waals surface area contributed by atoms with E-state index in [1.807, 2.05) is 23.5 Å². The molecule has 0 unspecified atom stereocenters. The van der Waals surface area contributed by atoms with E-state index in [-0.39, 0.29) is 0 Å². The summed E-state index contributed by atoms with van der Waals surface area (Å²) in [5.41, 5.74) is 10.4. The van der Waals surface area contributed by atoms with E-state index in [4.69, 9.17) is 4.42 Å². The second kappa shape index (κ2) is 14.0. The van der Waals surface area contributed by atoms with Gasteiger partial charge in [-0.2, -0.15) is 0 Å². The maximum atomic E-state index is 6.57. The SMILES string of the molecule is c1ccc(-c2ccc(N(c3ccccc3)c3cc4c(cc3N(c3ccc5ccccc5c3)c3ccc5c(c3)oc3ccccc35)sc3ccc5ccccc5c34)cc2)cc1. The molecule has 0 aliphatic carbocycles. The van der Waals surface area contributed by atoms with Gasteiger partial charge in [0.2, 0.25) is 0 Å². The molecule has 10 aromatic carbocycles. The second-order valence-electron chi connectivity index (χ2n) is 15.3. The zero-order chi connectivity index (χ0) is 39.6. The van der Waals surface area contributed by atoms with Crippen molar-refractivity contribution in [1.82, 2.24) is 0 Å². The van der Waals surface area contributed by atoms with Gasteiger partial charge in [-0.25, -0.2) is 0 Å². The Bertz CT molecular complexity index is 3550. The summed E-state index contributed by atoms with van der Waals surface area (Å²) in [6.07, 6.45) is 0. The van der Waals surface area contributed by atoms with Gasteiger partial charge in [0.05, 0.1) is 11.4 Å². The van der Waals surface area contributed by atoms with Gasteiger partial charge in [-0.05, 0) is 105 Å². The van der Waals surface area contributed by atoms with Crippen LogP contribution in [0.4, 0.5) is 34.1 Å². The molecule has 0 N–H and O–H groups in total. The average molecular weight is 785 g/mol. The lowest BCUT2D eigenvalue weighted by Gasteiger charge is -2.33. The highest BCUT2D eigenvalue weighted by atomic mass is 32.1. The lowest BCUT2D eigenvalue weighted by Crippen LogP contribution is -2.17. The molecule has 2 aromatic heterocycles. The van der Waals surface area contributed by atoms with Gasteiger partial charge in [-0.1, -0.05) is 140 Å². The van der Waals surface area contributed by atoms with Gasteiger partial charge < -0.3 is 14.2 Å². The van der Waals surface area contributed by atoms with Crippen LogP contribution in [-0.2, 0) is 0 Å². The van der Waals surface area contributed by atoms with Crippen LogP contribution in [0.5, 0.6) is 0 Å². The van der Waals surface area contributed by atoms with Crippen LogP contribution in [0.25, 0.3) is 74.8 Å². The molecule has 0 spiro atoms. The lowest BCUT2D eigenvalue weighted by atomic mass is 10.0. The molecule has 12 rings (SSSR count). The number of nitrogens with zero attached hydrogens (tertiary/aromatic N) is 2. The van der Waals surface area contributed by atoms with Crippen LogP contribution in [0.15, 0.2) is 223 Å². The lowest BCUT2D eigenvalue weighted by molar-refractivity contribution is 0.669. The quantitative estimate of drug-likeness (QED) is 0.160. The topological polar surface area (TPSA) is 19.6 Å². The summed E-state index contributed by atoms with van der Waals surface area (Å²) in [5.74, 6) is 0. The van der Waals surface area contributed by atoms with Crippen molar-refractivity contribution in [2.45, 2.75) is 0 Å². The number of hydrogen-bond acceptors (Lipinski definition) is 4. The van der Waals surface area contributed by atoms with Crippen LogP contribution < -0.4 is 9.80 Å². The number of para-hydroxylation sites is 2. The van der Waals surface area contributed by atoms with E-state index < -0.39 is 0 Å². The van der Waals surface area contributed by atoms with Gasteiger partial charge in [-0.3, -0.25) is 0 Å². The highest BCUT2D eigenvalue weighted by molar-refractivity contribution is 7.26. The predicted molar refractivity (Wildman–Crippen MR) is 256 cm³/mol. The number of furan rings is 1. The molecule has 0 aliphatic heterocycles. The molecule has 0 radical (unpaired) electrons. The molecule has 282 valence electrons. The maximum absolute atomic E-state index is 6.57. The Morgan fingerprint density at radius 2 is 0.883 bits per heavy atom. The van der Waals surface area contributed by atoms with E-state index >= 15 is 0 Å². The highest BCUT2D eigenvalue weighted by Crippen LogP contribution is 2.51. The second-order valence-corrected chi connectivity index (χ2v) is 16.4. The van der Waals surface area contributed by atoms with Crippen molar-refractivity contribution in [3.05, 3.63) is 218 Å². The number of fused-ring (bicyclic) bond motifs is 9. The molecule has 12 aromatic rings. The van der Waals surface area contributed by atoms with Crippen molar-refractivity contribution in [3.63, 3.8) is 0 Å². The number of anilines is 6. The van der Waals surface area contributed by atoms with Crippen molar-refractivity contribution in [1.29, 1.82) is 0 Å². The van der Waals surface area contributed by atoms with E-state index in [2.05, 4.69) is 216 Å². The summed E-state index contributed by atoms with van der Waals surface area (Å²) in [6.45, 7) is 0. The minimum absolute atomic E-state index is 0.854. The average Bonchev–Trinajstić information content (AvgIpc) is 3.88. The summed E-state index contributed by atoms with van der Waals surface area (Å²) < 4.78 is 9.06. The number of benzene rings is 10. The van der Waals surface area contributed by atoms with Crippen LogP contribution in [0.3, 0.4) is 0 Å². The van der Waals surface area contributed by atoms with E-state index in [0.717, 1.165) is 56.1 Å². The van der Waals surface area contributed by atoms with Crippen LogP contribution >= 0.6 is 11.3 Å². The monoisotopic (exact) mass is 784 g/mol. The van der Waals surface area contributed by atoms with Crippen molar-refractivity contribution in [2.24, 2.45) is 0 Å². The van der Waals surface area contributed by atoms with Gasteiger partial charge >= 0.3 is 0 Å². The van der Waals surface area contributed by atoms with Crippen LogP contribution in [0.2, 0.25) is 0 Å². The van der Waals surface area contributed by atoms with Gasteiger partial charge in [0.1, 0.15) is 11.2 Å². The molecule has 3 nitrogen and oxygen atoms in total. The normalized spacial score (nSPS) is 11.7. The van der Waals surface area contributed by atoms with Crippen LogP contribution in [-0.4, -0.2) is 0 Å². The van der Waals surface area contributed by atoms with Gasteiger partial charge in [-0.15, -0.1) is 11.3 Å². The number of rotatable bonds is 7. The fourth-order valence-corrected chi connectivity index (χ4v) is 10.1. The zero-order valence-electron chi connectivity index (χ0n) is 32.5. The molecule has 0 saturated heterocycles. The molecule has 60 heavy (non-hydrogen) atoms. The van der Waals surface area contributed by atoms with Gasteiger partial charge in [0.15, 0.2) is 0 Å². The number of hydrogen-bond donors (Lipinski definition) is 0. The van der Waals surface area contributed by atoms with Gasteiger partial charge in [0, 0.05) is 59.8 Å². The Hall–Kier alpha value is -7.66. The highest BCUT2D eigenvalue weighted by Gasteiger charge is 2.26. The van der Waals surface area contributed by atoms with E-state index in [9.17, 15) is 0 Å². The van der Waals surface area contributed by atoms with E-state index in [0.29, 0.717) is 0 Å². The summed E-state index contributed by atoms with van der Waals surface area (Å²) in [4.78, 5) is 4.84. The fraction of sp³-hybridized carbons (Fsp3) is 0. The zero-order valence-corrected chi connectivity index (χ0v) is 33.3. The molecular formula is C56H36N2OS. The van der Waals surface area contributed by atoms with E-state index in [1.165, 1.54) is 52.8 Å². The first kappa shape index (κ1) is 34.4. The Labute approximate surface area is 351 Å². The minimum Gasteiger partial charge on any atom is -0.456 e. The maximum Gasteiger partial charge on any atom is 0.137 e. The Balaban J connectivity index is 1.18. The van der Waals surface area contributed by atoms with Gasteiger partial charge in [0.25, 0.3) is 0 Å². The smallest absolute Gasteiger partial charge is 0.137 e. The molecule has 2 heterocycles. The molecule has 0 amide bonds. The summed E-state index contributed by atoms with van der Waals surface area (Å²) in [7, 11) is 0. The third-order valence-electron chi connectivity index (χ3n) is 11.8. The standard InChI is InChI=1S/C56H36N2OS/c1-3-13-37(14-4-1)39-23-27-43(28-24-39)57(42-18-5-2-6-19-42)50-35-49-55(60-54-32-26-40-16-9-10-20-46(40)56(49)54)36-51(50)58(44-29-25-38-15-7-8-17-41(38)33-44)45-30-31-48-47-21-11-12-22-52(47)59-53(48)34-45/h1-36H. The van der Waals surface area contributed by atoms with Crippen molar-refractivity contribution in [3.8, 4) is 11.1 Å². The fourth-order valence-electron chi connectivity index (χ4n) is 8.96. The molecular weight excluding hydrogens is 749 g/mol. The van der Waals surface area contributed by atoms with Crippen molar-refractivity contribution >= 4 is 109 Å². The molecule has 0 atom stereocenters. The van der Waals surface area contributed by atoms with Crippen molar-refractivity contribution < 1.29 is 4.42 Å². The molecule has 0 fully saturated rings. The number of thiophene rings is 1. The van der Waals surface area contributed by atoms with E-state index in [1.54, 1.807) is 0 Å². The largest absolute Gasteiger partial charge is 0.456 e. The van der Waals surface area contributed by atoms with Crippen LogP contribution in [0, 0.1) is 0 Å². The van der Waals surface area contributed by atoms with Crippen LogP contribution in [0.1, 0.15) is 0 Å². The molecule has 4 heteroatoms. The Morgan fingerprint density at radius 3 is 1.72 bits per heavy atom. The molecule has 0 saturated carbocycles. The summed E-state index contributed by atoms with van der Waals surface area (Å²) >= 11 is 1.85. The predicted octanol–water partition coefficient (Wildman–Crippen LogP) is 16.9. The van der Waals surface area contributed by atoms with Crippen molar-refractivity contribution in [2.75, 3.05) is 9.80 Å². The Morgan fingerprint density at radius 1 is 0.317 bits per heavy atom. The molecule has 0 aliphatic rings. The molecule has 0 bridgehead atoms.